The number of allylic oxidation sites excluding steroid dienone is 2. The van der Waals surface area contributed by atoms with Gasteiger partial charge < -0.3 is 10.2 Å². The lowest BCUT2D eigenvalue weighted by Gasteiger charge is -2.56. The summed E-state index contributed by atoms with van der Waals surface area (Å²) in [4.78, 5) is 50.7. The molecule has 4 aliphatic rings. The maximum Gasteiger partial charge on any atom is 0.239 e. The van der Waals surface area contributed by atoms with Crippen LogP contribution >= 0.6 is 0 Å². The van der Waals surface area contributed by atoms with Gasteiger partial charge in [0.1, 0.15) is 5.41 Å². The minimum atomic E-state index is -1.63. The lowest BCUT2D eigenvalue weighted by atomic mass is 9.41. The fourth-order valence-electron chi connectivity index (χ4n) is 8.87. The first kappa shape index (κ1) is 25.2. The van der Waals surface area contributed by atoms with Crippen molar-refractivity contribution in [1.82, 2.24) is 30.2 Å². The van der Waals surface area contributed by atoms with Crippen molar-refractivity contribution in [3.05, 3.63) is 120 Å². The average molecular weight is 603 g/mol. The van der Waals surface area contributed by atoms with Crippen LogP contribution in [0.5, 0.6) is 11.8 Å². The number of imide groups is 1. The Balaban J connectivity index is 1.48. The van der Waals surface area contributed by atoms with Crippen LogP contribution in [-0.2, 0) is 20.4 Å². The Bertz CT molecular complexity index is 2580. The molecule has 6 heterocycles. The Morgan fingerprint density at radius 1 is 0.696 bits per heavy atom. The van der Waals surface area contributed by atoms with Gasteiger partial charge in [-0.3, -0.25) is 39.8 Å². The van der Waals surface area contributed by atoms with Crippen LogP contribution in [0.1, 0.15) is 28.2 Å². The summed E-state index contributed by atoms with van der Waals surface area (Å²) in [7, 11) is 0. The standard InChI is InChI=1S/C36H22N6O4/c43-31-24-21-9-10-35(26(24)33(45)41-31,22-15-17-5-1-11-37-27(17)29-19(22)7-3-13-39-29)36(25(21)32(44)42-34(36)46)23-16-18-6-2-12-38-28(18)30-20(23)8-4-14-40-30/h1-16,21,25,41,43,45H,(H,42,44,46). The van der Waals surface area contributed by atoms with E-state index in [4.69, 9.17) is 9.97 Å². The topological polar surface area (TPSA) is 154 Å². The van der Waals surface area contributed by atoms with Gasteiger partial charge in [0, 0.05) is 63.4 Å². The van der Waals surface area contributed by atoms with Crippen LogP contribution in [0.3, 0.4) is 0 Å². The number of nitrogens with one attached hydrogen (secondary N) is 2. The van der Waals surface area contributed by atoms with Crippen LogP contribution in [0, 0.1) is 5.92 Å². The van der Waals surface area contributed by atoms with E-state index in [0.717, 1.165) is 10.8 Å². The number of aromatic hydroxyl groups is 2. The molecule has 2 amide bonds. The van der Waals surface area contributed by atoms with E-state index < -0.39 is 34.5 Å². The summed E-state index contributed by atoms with van der Waals surface area (Å²) in [6, 6.07) is 18.8. The van der Waals surface area contributed by atoms with Crippen molar-refractivity contribution in [3.63, 3.8) is 0 Å². The summed E-state index contributed by atoms with van der Waals surface area (Å²) < 4.78 is 0. The van der Waals surface area contributed by atoms with Gasteiger partial charge in [-0.1, -0.05) is 36.4 Å². The van der Waals surface area contributed by atoms with Gasteiger partial charge in [-0.05, 0) is 47.5 Å². The number of hydrogen-bond donors (Lipinski definition) is 4. The number of aromatic nitrogens is 5. The third-order valence-corrected chi connectivity index (χ3v) is 10.4. The number of amides is 2. The number of rotatable bonds is 2. The molecule has 3 aliphatic carbocycles. The largest absolute Gasteiger partial charge is 0.494 e. The molecule has 4 atom stereocenters. The number of H-pyrrole nitrogens is 1. The van der Waals surface area contributed by atoms with E-state index in [-0.39, 0.29) is 11.8 Å². The maximum absolute atomic E-state index is 15.0. The molecule has 10 heteroatoms. The van der Waals surface area contributed by atoms with Crippen molar-refractivity contribution in [2.24, 2.45) is 5.92 Å². The number of hydrogen-bond acceptors (Lipinski definition) is 8. The smallest absolute Gasteiger partial charge is 0.239 e. The van der Waals surface area contributed by atoms with Crippen LogP contribution in [0.4, 0.5) is 0 Å². The van der Waals surface area contributed by atoms with Gasteiger partial charge in [-0.2, -0.15) is 0 Å². The zero-order valence-corrected chi connectivity index (χ0v) is 23.9. The highest BCUT2D eigenvalue weighted by atomic mass is 16.3. The van der Waals surface area contributed by atoms with E-state index in [1.54, 1.807) is 30.9 Å². The Morgan fingerprint density at radius 3 is 1.91 bits per heavy atom. The second kappa shape index (κ2) is 8.30. The molecule has 0 spiro atoms. The van der Waals surface area contributed by atoms with E-state index in [0.29, 0.717) is 55.1 Å². The van der Waals surface area contributed by atoms with Crippen molar-refractivity contribution in [2.75, 3.05) is 0 Å². The predicted molar refractivity (Wildman–Crippen MR) is 169 cm³/mol. The monoisotopic (exact) mass is 602 g/mol. The van der Waals surface area contributed by atoms with Gasteiger partial charge >= 0.3 is 0 Å². The molecule has 220 valence electrons. The van der Waals surface area contributed by atoms with Gasteiger partial charge in [0.05, 0.1) is 33.4 Å². The lowest BCUT2D eigenvalue weighted by Crippen LogP contribution is -2.62. The molecular formula is C36H22N6O4. The van der Waals surface area contributed by atoms with Crippen molar-refractivity contribution in [2.45, 2.75) is 16.7 Å². The van der Waals surface area contributed by atoms with Gasteiger partial charge in [-0.15, -0.1) is 0 Å². The first-order valence-electron chi connectivity index (χ1n) is 14.9. The first-order chi connectivity index (χ1) is 22.5. The second-order valence-electron chi connectivity index (χ2n) is 12.2. The highest BCUT2D eigenvalue weighted by Gasteiger charge is 2.75. The number of aromatic amines is 1. The van der Waals surface area contributed by atoms with E-state index in [1.165, 1.54) is 0 Å². The van der Waals surface area contributed by atoms with E-state index in [2.05, 4.69) is 20.3 Å². The molecule has 1 fully saturated rings. The van der Waals surface area contributed by atoms with Crippen molar-refractivity contribution >= 4 is 55.4 Å². The molecule has 7 aromatic rings. The number of pyridine rings is 4. The molecule has 10 nitrogen and oxygen atoms in total. The summed E-state index contributed by atoms with van der Waals surface area (Å²) in [6.45, 7) is 0. The van der Waals surface area contributed by atoms with Crippen LogP contribution < -0.4 is 5.32 Å². The molecule has 1 saturated heterocycles. The van der Waals surface area contributed by atoms with Crippen LogP contribution in [0.25, 0.3) is 43.6 Å². The lowest BCUT2D eigenvalue weighted by molar-refractivity contribution is -0.127. The summed E-state index contributed by atoms with van der Waals surface area (Å²) in [6.07, 6.45) is 10.6. The van der Waals surface area contributed by atoms with Gasteiger partial charge in [0.25, 0.3) is 0 Å². The quantitative estimate of drug-likeness (QED) is 0.125. The van der Waals surface area contributed by atoms with E-state index in [1.807, 2.05) is 66.7 Å². The van der Waals surface area contributed by atoms with E-state index >= 15 is 4.79 Å². The third-order valence-electron chi connectivity index (χ3n) is 10.4. The Labute approximate surface area is 259 Å². The third kappa shape index (κ3) is 2.66. The summed E-state index contributed by atoms with van der Waals surface area (Å²) in [5, 5.41) is 28.6. The van der Waals surface area contributed by atoms with Gasteiger partial charge in [0.2, 0.25) is 11.8 Å². The Kier molecular flexibility index (Phi) is 4.55. The summed E-state index contributed by atoms with van der Waals surface area (Å²) >= 11 is 0. The molecule has 1 aliphatic heterocycles. The maximum atomic E-state index is 15.0. The summed E-state index contributed by atoms with van der Waals surface area (Å²) in [5.74, 6) is -3.18. The van der Waals surface area contributed by atoms with Crippen LogP contribution in [0.15, 0.2) is 97.6 Å². The predicted octanol–water partition coefficient (Wildman–Crippen LogP) is 4.78. The molecule has 2 aromatic carbocycles. The minimum Gasteiger partial charge on any atom is -0.494 e. The first-order valence-corrected chi connectivity index (χ1v) is 14.9. The van der Waals surface area contributed by atoms with Gasteiger partial charge in [0.15, 0.2) is 11.8 Å². The molecule has 46 heavy (non-hydrogen) atoms. The van der Waals surface area contributed by atoms with Crippen molar-refractivity contribution in [1.29, 1.82) is 0 Å². The molecular weight excluding hydrogens is 580 g/mol. The minimum absolute atomic E-state index is 0.244. The van der Waals surface area contributed by atoms with Crippen molar-refractivity contribution in [3.8, 4) is 11.8 Å². The number of fused-ring (bicyclic) bond motifs is 6. The molecule has 0 radical (unpaired) electrons. The Morgan fingerprint density at radius 2 is 1.26 bits per heavy atom. The average Bonchev–Trinajstić information content (AvgIpc) is 3.57. The normalized spacial score (nSPS) is 24.6. The highest BCUT2D eigenvalue weighted by molar-refractivity contribution is 6.18. The molecule has 11 rings (SSSR count). The number of nitrogens with zero attached hydrogens (tertiary/aromatic N) is 4. The molecule has 4 N–H and O–H groups in total. The molecule has 2 bridgehead atoms. The molecule has 0 saturated carbocycles. The SMILES string of the molecule is O=C1NC(=O)C2(c3cc4cccnc4c4ncccc34)C1C1C=CC2(c2cc3cccnc3c3ncccc23)c2c(O)[nH]c(O)c21. The van der Waals surface area contributed by atoms with Crippen LogP contribution in [-0.4, -0.2) is 46.9 Å². The Hall–Kier alpha value is -6.16. The van der Waals surface area contributed by atoms with E-state index in [9.17, 15) is 15.0 Å². The summed E-state index contributed by atoms with van der Waals surface area (Å²) in [5.41, 5.74) is 1.35. The van der Waals surface area contributed by atoms with Crippen molar-refractivity contribution < 1.29 is 19.8 Å². The highest BCUT2D eigenvalue weighted by Crippen LogP contribution is 2.71. The fourth-order valence-corrected chi connectivity index (χ4v) is 8.87. The number of carbonyl (C=O) groups excluding carboxylic acids is 2. The second-order valence-corrected chi connectivity index (χ2v) is 12.2. The molecule has 4 unspecified atom stereocenters. The van der Waals surface area contributed by atoms with Gasteiger partial charge in [-0.25, -0.2) is 0 Å². The number of benzene rings is 2. The zero-order valence-electron chi connectivity index (χ0n) is 23.9. The van der Waals surface area contributed by atoms with Crippen LogP contribution in [0.2, 0.25) is 0 Å². The zero-order chi connectivity index (χ0) is 30.9. The number of carbonyl (C=O) groups is 2. The fraction of sp³-hybridized carbons (Fsp3) is 0.111. The molecule has 5 aromatic heterocycles.